The molecule has 3 aromatic rings. The topological polar surface area (TPSA) is 48.0 Å². The van der Waals surface area contributed by atoms with Crippen LogP contribution in [0.4, 0.5) is 8.78 Å². The number of aromatic nitrogens is 1. The molecule has 5 heteroatoms. The molecule has 3 rings (SSSR count). The van der Waals surface area contributed by atoms with Crippen LogP contribution in [0.5, 0.6) is 0 Å². The Morgan fingerprint density at radius 2 is 1.73 bits per heavy atom. The first kappa shape index (κ1) is 14.0. The van der Waals surface area contributed by atoms with Crippen LogP contribution in [-0.2, 0) is 4.79 Å². The molecule has 0 bridgehead atoms. The number of halogens is 2. The van der Waals surface area contributed by atoms with Gasteiger partial charge in [0.05, 0.1) is 11.2 Å². The molecular weight excluding hydrogens is 286 g/mol. The summed E-state index contributed by atoms with van der Waals surface area (Å²) in [5.41, 5.74) is 7.18. The van der Waals surface area contributed by atoms with Crippen LogP contribution >= 0.6 is 0 Å². The largest absolute Gasteiger partial charge is 0.366 e. The van der Waals surface area contributed by atoms with Crippen molar-refractivity contribution in [1.29, 1.82) is 0 Å². The summed E-state index contributed by atoms with van der Waals surface area (Å²) in [6, 6.07) is 10.3. The second kappa shape index (κ2) is 5.11. The Balaban J connectivity index is 2.13. The van der Waals surface area contributed by atoms with Crippen LogP contribution in [0.2, 0.25) is 0 Å². The predicted octanol–water partition coefficient (Wildman–Crippen LogP) is 3.41. The zero-order valence-electron chi connectivity index (χ0n) is 11.5. The van der Waals surface area contributed by atoms with Crippen molar-refractivity contribution in [3.8, 4) is 5.69 Å². The molecule has 0 aliphatic heterocycles. The molecule has 0 saturated carbocycles. The fraction of sp³-hybridized carbons (Fsp3) is 0. The average Bonchev–Trinajstić information content (AvgIpc) is 2.88. The number of fused-ring (bicyclic) bond motifs is 1. The van der Waals surface area contributed by atoms with Gasteiger partial charge < -0.3 is 10.3 Å². The van der Waals surface area contributed by atoms with Gasteiger partial charge in [-0.1, -0.05) is 12.6 Å². The minimum atomic E-state index is -0.643. The van der Waals surface area contributed by atoms with Gasteiger partial charge in [-0.3, -0.25) is 4.79 Å². The Hall–Kier alpha value is -2.95. The lowest BCUT2D eigenvalue weighted by molar-refractivity contribution is -0.112. The SMILES string of the molecule is C=C(C(N)=O)c1ccc2c(ccn2-c2cc(F)cc(F)c2)c1. The van der Waals surface area contributed by atoms with E-state index in [-0.39, 0.29) is 5.57 Å². The van der Waals surface area contributed by atoms with Crippen molar-refractivity contribution >= 4 is 22.4 Å². The fourth-order valence-electron chi connectivity index (χ4n) is 2.38. The number of rotatable bonds is 3. The summed E-state index contributed by atoms with van der Waals surface area (Å²) in [7, 11) is 0. The average molecular weight is 298 g/mol. The minimum Gasteiger partial charge on any atom is -0.366 e. The van der Waals surface area contributed by atoms with E-state index >= 15 is 0 Å². The molecule has 0 saturated heterocycles. The van der Waals surface area contributed by atoms with E-state index in [1.165, 1.54) is 12.1 Å². The van der Waals surface area contributed by atoms with Crippen LogP contribution in [0.25, 0.3) is 22.2 Å². The Morgan fingerprint density at radius 3 is 2.36 bits per heavy atom. The molecule has 0 unspecified atom stereocenters. The van der Waals surface area contributed by atoms with Gasteiger partial charge in [-0.05, 0) is 35.9 Å². The lowest BCUT2D eigenvalue weighted by Crippen LogP contribution is -2.11. The van der Waals surface area contributed by atoms with E-state index in [0.717, 1.165) is 17.0 Å². The number of hydrogen-bond donors (Lipinski definition) is 1. The zero-order chi connectivity index (χ0) is 15.9. The van der Waals surface area contributed by atoms with Gasteiger partial charge in [-0.25, -0.2) is 8.78 Å². The third-order valence-corrected chi connectivity index (χ3v) is 3.46. The van der Waals surface area contributed by atoms with Gasteiger partial charge in [0.1, 0.15) is 11.6 Å². The minimum absolute atomic E-state index is 0.214. The third-order valence-electron chi connectivity index (χ3n) is 3.46. The fourth-order valence-corrected chi connectivity index (χ4v) is 2.38. The van der Waals surface area contributed by atoms with Crippen LogP contribution in [-0.4, -0.2) is 10.5 Å². The highest BCUT2D eigenvalue weighted by molar-refractivity contribution is 6.18. The van der Waals surface area contributed by atoms with E-state index in [0.29, 0.717) is 11.3 Å². The molecule has 0 fully saturated rings. The van der Waals surface area contributed by atoms with Crippen LogP contribution in [0.3, 0.4) is 0 Å². The maximum absolute atomic E-state index is 13.4. The lowest BCUT2D eigenvalue weighted by atomic mass is 10.1. The summed E-state index contributed by atoms with van der Waals surface area (Å²) in [6.45, 7) is 3.64. The van der Waals surface area contributed by atoms with Crippen molar-refractivity contribution < 1.29 is 13.6 Å². The monoisotopic (exact) mass is 298 g/mol. The molecule has 0 spiro atoms. The second-order valence-electron chi connectivity index (χ2n) is 4.93. The highest BCUT2D eigenvalue weighted by Crippen LogP contribution is 2.25. The summed E-state index contributed by atoms with van der Waals surface area (Å²) in [6.07, 6.45) is 1.70. The van der Waals surface area contributed by atoms with Crippen molar-refractivity contribution in [2.45, 2.75) is 0 Å². The smallest absolute Gasteiger partial charge is 0.248 e. The highest BCUT2D eigenvalue weighted by Gasteiger charge is 2.10. The summed E-state index contributed by atoms with van der Waals surface area (Å²) >= 11 is 0. The second-order valence-corrected chi connectivity index (χ2v) is 4.93. The zero-order valence-corrected chi connectivity index (χ0v) is 11.5. The van der Waals surface area contributed by atoms with Crippen LogP contribution in [0.1, 0.15) is 5.56 Å². The Bertz CT molecular complexity index is 892. The normalized spacial score (nSPS) is 10.8. The molecule has 0 aliphatic rings. The molecule has 2 aromatic carbocycles. The Labute approximate surface area is 125 Å². The van der Waals surface area contributed by atoms with Gasteiger partial charge in [0.15, 0.2) is 0 Å². The molecule has 3 nitrogen and oxygen atoms in total. The van der Waals surface area contributed by atoms with Gasteiger partial charge >= 0.3 is 0 Å². The molecule has 1 amide bonds. The van der Waals surface area contributed by atoms with E-state index in [9.17, 15) is 13.6 Å². The number of carbonyl (C=O) groups is 1. The number of carbonyl (C=O) groups excluding carboxylic acids is 1. The molecule has 22 heavy (non-hydrogen) atoms. The van der Waals surface area contributed by atoms with E-state index in [1.807, 2.05) is 0 Å². The summed E-state index contributed by atoms with van der Waals surface area (Å²) < 4.78 is 28.4. The number of hydrogen-bond acceptors (Lipinski definition) is 1. The number of benzene rings is 2. The van der Waals surface area contributed by atoms with Crippen molar-refractivity contribution in [2.24, 2.45) is 5.73 Å². The summed E-state index contributed by atoms with van der Waals surface area (Å²) in [5.74, 6) is -1.88. The lowest BCUT2D eigenvalue weighted by Gasteiger charge is -2.07. The maximum atomic E-state index is 13.4. The van der Waals surface area contributed by atoms with E-state index < -0.39 is 17.5 Å². The van der Waals surface area contributed by atoms with Crippen molar-refractivity contribution in [3.63, 3.8) is 0 Å². The van der Waals surface area contributed by atoms with Gasteiger partial charge in [0, 0.05) is 23.2 Å². The van der Waals surface area contributed by atoms with E-state index in [1.54, 1.807) is 35.0 Å². The van der Waals surface area contributed by atoms with E-state index in [2.05, 4.69) is 6.58 Å². The van der Waals surface area contributed by atoms with Crippen LogP contribution in [0, 0.1) is 11.6 Å². The molecular formula is C17H12F2N2O. The molecule has 0 radical (unpaired) electrons. The first-order valence-corrected chi connectivity index (χ1v) is 6.52. The number of primary amides is 1. The Kier molecular flexibility index (Phi) is 3.25. The quantitative estimate of drug-likeness (QED) is 0.740. The number of nitrogens with two attached hydrogens (primary N) is 1. The maximum Gasteiger partial charge on any atom is 0.248 e. The molecule has 1 aromatic heterocycles. The molecule has 110 valence electrons. The number of nitrogens with zero attached hydrogens (tertiary/aromatic N) is 1. The molecule has 0 aliphatic carbocycles. The Morgan fingerprint density at radius 1 is 1.05 bits per heavy atom. The first-order valence-electron chi connectivity index (χ1n) is 6.52. The van der Waals surface area contributed by atoms with Crippen LogP contribution < -0.4 is 5.73 Å². The molecule has 2 N–H and O–H groups in total. The van der Waals surface area contributed by atoms with Gasteiger partial charge in [-0.15, -0.1) is 0 Å². The summed E-state index contributed by atoms with van der Waals surface area (Å²) in [5, 5.41) is 0.810. The highest BCUT2D eigenvalue weighted by atomic mass is 19.1. The van der Waals surface area contributed by atoms with Crippen molar-refractivity contribution in [1.82, 2.24) is 4.57 Å². The van der Waals surface area contributed by atoms with Gasteiger partial charge in [0.25, 0.3) is 0 Å². The molecule has 1 heterocycles. The standard InChI is InChI=1S/C17H12F2N2O/c1-10(17(20)22)11-2-3-16-12(6-11)4-5-21(16)15-8-13(18)7-14(19)9-15/h2-9H,1H2,(H2,20,22). The number of amides is 1. The summed E-state index contributed by atoms with van der Waals surface area (Å²) in [4.78, 5) is 11.2. The van der Waals surface area contributed by atoms with Gasteiger partial charge in [0.2, 0.25) is 5.91 Å². The van der Waals surface area contributed by atoms with Crippen molar-refractivity contribution in [2.75, 3.05) is 0 Å². The van der Waals surface area contributed by atoms with Crippen molar-refractivity contribution in [3.05, 3.63) is 72.4 Å². The predicted molar refractivity (Wildman–Crippen MR) is 81.4 cm³/mol. The first-order chi connectivity index (χ1) is 10.5. The van der Waals surface area contributed by atoms with Gasteiger partial charge in [-0.2, -0.15) is 0 Å². The van der Waals surface area contributed by atoms with E-state index in [4.69, 9.17) is 5.73 Å². The third kappa shape index (κ3) is 2.37. The van der Waals surface area contributed by atoms with Crippen LogP contribution in [0.15, 0.2) is 55.2 Å². The molecule has 0 atom stereocenters.